The lowest BCUT2D eigenvalue weighted by Gasteiger charge is -2.25. The summed E-state index contributed by atoms with van der Waals surface area (Å²) < 4.78 is 7.26. The summed E-state index contributed by atoms with van der Waals surface area (Å²) in [6.45, 7) is 1.93. The molecule has 2 heterocycles. The van der Waals surface area contributed by atoms with Gasteiger partial charge in [0.15, 0.2) is 0 Å². The van der Waals surface area contributed by atoms with E-state index in [4.69, 9.17) is 4.74 Å². The molecular weight excluding hydrogens is 302 g/mol. The number of hydrogen-bond donors (Lipinski definition) is 1. The molecule has 1 fully saturated rings. The van der Waals surface area contributed by atoms with Gasteiger partial charge in [-0.25, -0.2) is 4.79 Å². The van der Waals surface area contributed by atoms with Crippen molar-refractivity contribution in [3.8, 4) is 0 Å². The number of amides is 2. The lowest BCUT2D eigenvalue weighted by molar-refractivity contribution is 0.184. The molecule has 5 nitrogen and oxygen atoms in total. The van der Waals surface area contributed by atoms with Gasteiger partial charge in [0.1, 0.15) is 0 Å². The normalized spacial score (nSPS) is 17.2. The highest BCUT2D eigenvalue weighted by atomic mass is 16.5. The second kappa shape index (κ2) is 7.53. The van der Waals surface area contributed by atoms with Crippen molar-refractivity contribution in [2.45, 2.75) is 32.0 Å². The highest BCUT2D eigenvalue weighted by molar-refractivity contribution is 5.75. The number of carbonyl (C=O) groups is 1. The van der Waals surface area contributed by atoms with Gasteiger partial charge in [-0.15, -0.1) is 0 Å². The van der Waals surface area contributed by atoms with Gasteiger partial charge in [0.05, 0.1) is 12.6 Å². The van der Waals surface area contributed by atoms with Crippen molar-refractivity contribution in [1.29, 1.82) is 0 Å². The Balaban J connectivity index is 1.62. The third kappa shape index (κ3) is 3.62. The number of ether oxygens (including phenoxy) is 1. The van der Waals surface area contributed by atoms with Crippen LogP contribution in [-0.2, 0) is 24.9 Å². The quantitative estimate of drug-likeness (QED) is 0.916. The van der Waals surface area contributed by atoms with Crippen LogP contribution in [0.15, 0.2) is 42.6 Å². The van der Waals surface area contributed by atoms with Crippen LogP contribution in [0.2, 0.25) is 0 Å². The molecule has 1 N–H and O–H groups in total. The second-order valence-electron chi connectivity index (χ2n) is 6.31. The first kappa shape index (κ1) is 16.6. The second-order valence-corrected chi connectivity index (χ2v) is 6.31. The fourth-order valence-electron chi connectivity index (χ4n) is 3.41. The maximum atomic E-state index is 12.6. The van der Waals surface area contributed by atoms with E-state index in [1.807, 2.05) is 42.4 Å². The van der Waals surface area contributed by atoms with Gasteiger partial charge in [0.25, 0.3) is 0 Å². The van der Waals surface area contributed by atoms with Gasteiger partial charge in [0.2, 0.25) is 0 Å². The minimum atomic E-state index is 0.0100. The average molecular weight is 327 g/mol. The Morgan fingerprint density at radius 1 is 1.29 bits per heavy atom. The zero-order chi connectivity index (χ0) is 16.9. The van der Waals surface area contributed by atoms with Crippen LogP contribution in [-0.4, -0.2) is 29.2 Å². The zero-order valence-corrected chi connectivity index (χ0v) is 14.4. The summed E-state index contributed by atoms with van der Waals surface area (Å²) in [5.41, 5.74) is 3.41. The zero-order valence-electron chi connectivity index (χ0n) is 14.4. The number of aryl methyl sites for hydroxylation is 1. The number of urea groups is 1. The molecule has 1 aromatic heterocycles. The molecule has 24 heavy (non-hydrogen) atoms. The van der Waals surface area contributed by atoms with Gasteiger partial charge in [-0.1, -0.05) is 24.3 Å². The highest BCUT2D eigenvalue weighted by Crippen LogP contribution is 2.31. The van der Waals surface area contributed by atoms with Crippen LogP contribution in [0.25, 0.3) is 0 Å². The maximum Gasteiger partial charge on any atom is 0.318 e. The number of aromatic nitrogens is 1. The molecule has 0 radical (unpaired) electrons. The first-order valence-corrected chi connectivity index (χ1v) is 8.41. The van der Waals surface area contributed by atoms with E-state index in [0.29, 0.717) is 13.2 Å². The SMILES string of the molecule is COCc1cccc(CNC(=O)N2CCCC2c2cccn2C)c1. The molecule has 0 spiro atoms. The van der Waals surface area contributed by atoms with Crippen LogP contribution in [0.3, 0.4) is 0 Å². The summed E-state index contributed by atoms with van der Waals surface area (Å²) >= 11 is 0. The Bertz CT molecular complexity index is 695. The van der Waals surface area contributed by atoms with E-state index in [-0.39, 0.29) is 12.1 Å². The number of nitrogens with one attached hydrogen (secondary N) is 1. The average Bonchev–Trinajstić information content (AvgIpc) is 3.21. The van der Waals surface area contributed by atoms with Crippen molar-refractivity contribution in [3.63, 3.8) is 0 Å². The van der Waals surface area contributed by atoms with Crippen LogP contribution >= 0.6 is 0 Å². The molecule has 3 rings (SSSR count). The molecular formula is C19H25N3O2. The number of hydrogen-bond acceptors (Lipinski definition) is 2. The fourth-order valence-corrected chi connectivity index (χ4v) is 3.41. The number of carbonyl (C=O) groups excluding carboxylic acids is 1. The van der Waals surface area contributed by atoms with Crippen molar-refractivity contribution < 1.29 is 9.53 Å². The Morgan fingerprint density at radius 2 is 2.12 bits per heavy atom. The minimum absolute atomic E-state index is 0.0100. The van der Waals surface area contributed by atoms with E-state index in [2.05, 4.69) is 22.0 Å². The predicted octanol–water partition coefficient (Wildman–Crippen LogP) is 3.22. The molecule has 1 unspecified atom stereocenters. The summed E-state index contributed by atoms with van der Waals surface area (Å²) in [5, 5.41) is 3.06. The van der Waals surface area contributed by atoms with Crippen molar-refractivity contribution in [3.05, 3.63) is 59.4 Å². The van der Waals surface area contributed by atoms with E-state index in [1.165, 1.54) is 5.69 Å². The van der Waals surface area contributed by atoms with Gasteiger partial charge < -0.3 is 19.5 Å². The molecule has 1 saturated heterocycles. The van der Waals surface area contributed by atoms with Gasteiger partial charge >= 0.3 is 6.03 Å². The van der Waals surface area contributed by atoms with Crippen LogP contribution in [0.5, 0.6) is 0 Å². The monoisotopic (exact) mass is 327 g/mol. The largest absolute Gasteiger partial charge is 0.380 e. The van der Waals surface area contributed by atoms with E-state index in [9.17, 15) is 4.79 Å². The van der Waals surface area contributed by atoms with Crippen molar-refractivity contribution in [1.82, 2.24) is 14.8 Å². The summed E-state index contributed by atoms with van der Waals surface area (Å²) in [4.78, 5) is 14.6. The van der Waals surface area contributed by atoms with Crippen molar-refractivity contribution in [2.75, 3.05) is 13.7 Å². The Kier molecular flexibility index (Phi) is 5.20. The smallest absolute Gasteiger partial charge is 0.318 e. The Hall–Kier alpha value is -2.27. The third-order valence-electron chi connectivity index (χ3n) is 4.59. The Morgan fingerprint density at radius 3 is 2.88 bits per heavy atom. The van der Waals surface area contributed by atoms with Crippen LogP contribution in [0.1, 0.15) is 35.7 Å². The molecule has 1 atom stereocenters. The van der Waals surface area contributed by atoms with Crippen LogP contribution < -0.4 is 5.32 Å². The molecule has 1 aliphatic heterocycles. The molecule has 0 bridgehead atoms. The number of methoxy groups -OCH3 is 1. The number of nitrogens with zero attached hydrogens (tertiary/aromatic N) is 2. The topological polar surface area (TPSA) is 46.5 Å². The number of likely N-dealkylation sites (tertiary alicyclic amines) is 1. The van der Waals surface area contributed by atoms with Gasteiger partial charge in [-0.2, -0.15) is 0 Å². The van der Waals surface area contributed by atoms with Crippen LogP contribution in [0.4, 0.5) is 4.79 Å². The molecule has 128 valence electrons. The number of benzene rings is 1. The van der Waals surface area contributed by atoms with E-state index < -0.39 is 0 Å². The number of rotatable bonds is 5. The van der Waals surface area contributed by atoms with Crippen molar-refractivity contribution in [2.24, 2.45) is 7.05 Å². The van der Waals surface area contributed by atoms with Gasteiger partial charge in [-0.05, 0) is 36.1 Å². The lowest BCUT2D eigenvalue weighted by atomic mass is 10.1. The summed E-state index contributed by atoms with van der Waals surface area (Å²) in [5.74, 6) is 0. The van der Waals surface area contributed by atoms with Crippen molar-refractivity contribution >= 4 is 6.03 Å². The first-order valence-electron chi connectivity index (χ1n) is 8.41. The van der Waals surface area contributed by atoms with Gasteiger partial charge in [-0.3, -0.25) is 0 Å². The summed E-state index contributed by atoms with van der Waals surface area (Å²) in [6.07, 6.45) is 4.10. The minimum Gasteiger partial charge on any atom is -0.380 e. The third-order valence-corrected chi connectivity index (χ3v) is 4.59. The van der Waals surface area contributed by atoms with E-state index >= 15 is 0 Å². The molecule has 2 amide bonds. The lowest BCUT2D eigenvalue weighted by Crippen LogP contribution is -2.39. The fraction of sp³-hybridized carbons (Fsp3) is 0.421. The summed E-state index contributed by atoms with van der Waals surface area (Å²) in [6, 6.07) is 12.4. The Labute approximate surface area is 143 Å². The van der Waals surface area contributed by atoms with Gasteiger partial charge in [0, 0.05) is 39.1 Å². The standard InChI is InChI=1S/C19H25N3O2/c1-21-10-4-8-17(21)18-9-5-11-22(18)19(23)20-13-15-6-3-7-16(12-15)14-24-2/h3-4,6-8,10,12,18H,5,9,11,13-14H2,1-2H3,(H,20,23). The van der Waals surface area contributed by atoms with E-state index in [0.717, 1.165) is 30.5 Å². The molecule has 0 saturated carbocycles. The predicted molar refractivity (Wildman–Crippen MR) is 93.5 cm³/mol. The molecule has 1 aliphatic rings. The summed E-state index contributed by atoms with van der Waals surface area (Å²) in [7, 11) is 3.72. The first-order chi connectivity index (χ1) is 11.7. The molecule has 0 aliphatic carbocycles. The maximum absolute atomic E-state index is 12.6. The molecule has 2 aromatic rings. The molecule has 5 heteroatoms. The highest BCUT2D eigenvalue weighted by Gasteiger charge is 2.31. The van der Waals surface area contributed by atoms with Crippen LogP contribution in [0, 0.1) is 0 Å². The molecule has 1 aromatic carbocycles. The van der Waals surface area contributed by atoms with E-state index in [1.54, 1.807) is 7.11 Å².